The molecule has 0 radical (unpaired) electrons. The minimum absolute atomic E-state index is 0. The third-order valence-corrected chi connectivity index (χ3v) is 5.34. The van der Waals surface area contributed by atoms with Gasteiger partial charge in [0, 0.05) is 24.0 Å². The number of benzene rings is 1. The molecule has 1 saturated heterocycles. The number of amides is 1. The van der Waals surface area contributed by atoms with Crippen LogP contribution in [0.2, 0.25) is 0 Å². The molecule has 6 heteroatoms. The van der Waals surface area contributed by atoms with Gasteiger partial charge in [0.05, 0.1) is 4.88 Å². The van der Waals surface area contributed by atoms with Crippen LogP contribution < -0.4 is 5.73 Å². The zero-order chi connectivity index (χ0) is 15.7. The molecule has 2 aromatic rings. The molecule has 0 aliphatic carbocycles. The van der Waals surface area contributed by atoms with Crippen molar-refractivity contribution >= 4 is 29.7 Å². The minimum Gasteiger partial charge on any atom is -0.338 e. The highest BCUT2D eigenvalue weighted by molar-refractivity contribution is 7.17. The van der Waals surface area contributed by atoms with Crippen molar-refractivity contribution in [1.29, 1.82) is 0 Å². The first-order valence-corrected chi connectivity index (χ1v) is 8.27. The number of rotatable bonds is 2. The number of piperidine rings is 1. The Labute approximate surface area is 145 Å². The maximum atomic E-state index is 13.0. The Balaban J connectivity index is 0.00000192. The van der Waals surface area contributed by atoms with Gasteiger partial charge in [0.15, 0.2) is 0 Å². The maximum Gasteiger partial charge on any atom is 0.263 e. The summed E-state index contributed by atoms with van der Waals surface area (Å²) in [5.74, 6) is -0.174. The molecule has 3 nitrogen and oxygen atoms in total. The van der Waals surface area contributed by atoms with Crippen molar-refractivity contribution in [2.75, 3.05) is 13.1 Å². The number of hydrogen-bond acceptors (Lipinski definition) is 3. The molecule has 0 saturated carbocycles. The van der Waals surface area contributed by atoms with Gasteiger partial charge in [0.2, 0.25) is 0 Å². The Morgan fingerprint density at radius 2 is 1.87 bits per heavy atom. The highest BCUT2D eigenvalue weighted by Crippen LogP contribution is 2.33. The van der Waals surface area contributed by atoms with E-state index in [1.54, 1.807) is 12.1 Å². The SMILES string of the molecule is Cc1cc(C(=O)N2CCC(N)CC2)sc1-c1ccc(F)cc1.Cl. The number of thiophene rings is 1. The predicted octanol–water partition coefficient (Wildman–Crippen LogP) is 3.85. The summed E-state index contributed by atoms with van der Waals surface area (Å²) in [6, 6.07) is 8.54. The zero-order valence-electron chi connectivity index (χ0n) is 12.9. The van der Waals surface area contributed by atoms with Gasteiger partial charge in [-0.3, -0.25) is 4.79 Å². The molecule has 0 spiro atoms. The Hall–Kier alpha value is -1.43. The van der Waals surface area contributed by atoms with Gasteiger partial charge in [-0.05, 0) is 49.1 Å². The smallest absolute Gasteiger partial charge is 0.263 e. The molecule has 0 unspecified atom stereocenters. The molecule has 1 aromatic carbocycles. The van der Waals surface area contributed by atoms with Crippen LogP contribution in [-0.2, 0) is 0 Å². The predicted molar refractivity (Wildman–Crippen MR) is 94.8 cm³/mol. The second-order valence-corrected chi connectivity index (χ2v) is 6.81. The summed E-state index contributed by atoms with van der Waals surface area (Å²) in [7, 11) is 0. The van der Waals surface area contributed by atoms with Crippen LogP contribution >= 0.6 is 23.7 Å². The lowest BCUT2D eigenvalue weighted by Crippen LogP contribution is -2.42. The fourth-order valence-corrected chi connectivity index (χ4v) is 3.88. The van der Waals surface area contributed by atoms with Crippen LogP contribution in [0.5, 0.6) is 0 Å². The third-order valence-electron chi connectivity index (χ3n) is 4.06. The van der Waals surface area contributed by atoms with Crippen molar-refractivity contribution in [2.24, 2.45) is 5.73 Å². The highest BCUT2D eigenvalue weighted by Gasteiger charge is 2.23. The molecule has 1 fully saturated rings. The van der Waals surface area contributed by atoms with E-state index in [1.807, 2.05) is 17.9 Å². The Morgan fingerprint density at radius 1 is 1.26 bits per heavy atom. The van der Waals surface area contributed by atoms with E-state index in [4.69, 9.17) is 5.73 Å². The third kappa shape index (κ3) is 3.91. The first kappa shape index (κ1) is 17.9. The second kappa shape index (κ2) is 7.43. The summed E-state index contributed by atoms with van der Waals surface area (Å²) >= 11 is 1.48. The molecule has 1 amide bonds. The first-order chi connectivity index (χ1) is 10.5. The van der Waals surface area contributed by atoms with E-state index in [9.17, 15) is 9.18 Å². The Morgan fingerprint density at radius 3 is 2.48 bits per heavy atom. The van der Waals surface area contributed by atoms with Crippen LogP contribution in [0, 0.1) is 12.7 Å². The molecule has 1 aliphatic heterocycles. The lowest BCUT2D eigenvalue weighted by molar-refractivity contribution is 0.0719. The van der Waals surface area contributed by atoms with Crippen LogP contribution in [0.3, 0.4) is 0 Å². The topological polar surface area (TPSA) is 46.3 Å². The van der Waals surface area contributed by atoms with Gasteiger partial charge in [-0.25, -0.2) is 4.39 Å². The number of carbonyl (C=O) groups excluding carboxylic acids is 1. The number of aryl methyl sites for hydroxylation is 1. The van der Waals surface area contributed by atoms with Crippen LogP contribution in [0.15, 0.2) is 30.3 Å². The molecule has 0 atom stereocenters. The molecule has 2 N–H and O–H groups in total. The summed E-state index contributed by atoms with van der Waals surface area (Å²) in [6.07, 6.45) is 1.72. The Bertz CT molecular complexity index is 678. The molecule has 0 bridgehead atoms. The van der Waals surface area contributed by atoms with Crippen molar-refractivity contribution < 1.29 is 9.18 Å². The number of carbonyl (C=O) groups is 1. The summed E-state index contributed by atoms with van der Waals surface area (Å²) in [4.78, 5) is 16.2. The minimum atomic E-state index is -0.251. The van der Waals surface area contributed by atoms with E-state index in [1.165, 1.54) is 23.5 Å². The summed E-state index contributed by atoms with van der Waals surface area (Å²) in [5, 5.41) is 0. The molecular weight excluding hydrogens is 335 g/mol. The second-order valence-electron chi connectivity index (χ2n) is 5.76. The number of nitrogens with zero attached hydrogens (tertiary/aromatic N) is 1. The van der Waals surface area contributed by atoms with Crippen molar-refractivity contribution in [1.82, 2.24) is 4.90 Å². The van der Waals surface area contributed by atoms with Crippen LogP contribution in [0.1, 0.15) is 28.1 Å². The largest absolute Gasteiger partial charge is 0.338 e. The van der Waals surface area contributed by atoms with Gasteiger partial charge in [0.25, 0.3) is 5.91 Å². The summed E-state index contributed by atoms with van der Waals surface area (Å²) < 4.78 is 13.0. The van der Waals surface area contributed by atoms with Gasteiger partial charge in [-0.1, -0.05) is 12.1 Å². The van der Waals surface area contributed by atoms with E-state index in [0.29, 0.717) is 0 Å². The monoisotopic (exact) mass is 354 g/mol. The quantitative estimate of drug-likeness (QED) is 0.890. The van der Waals surface area contributed by atoms with E-state index >= 15 is 0 Å². The number of hydrogen-bond donors (Lipinski definition) is 1. The van der Waals surface area contributed by atoms with E-state index < -0.39 is 0 Å². The molecule has 1 aromatic heterocycles. The maximum absolute atomic E-state index is 13.0. The lowest BCUT2D eigenvalue weighted by Gasteiger charge is -2.29. The fraction of sp³-hybridized carbons (Fsp3) is 0.353. The Kier molecular flexibility index (Phi) is 5.79. The molecular formula is C17H20ClFN2OS. The van der Waals surface area contributed by atoms with Crippen molar-refractivity contribution in [2.45, 2.75) is 25.8 Å². The summed E-state index contributed by atoms with van der Waals surface area (Å²) in [6.45, 7) is 3.43. The van der Waals surface area contributed by atoms with E-state index in [0.717, 1.165) is 46.8 Å². The van der Waals surface area contributed by atoms with Crippen molar-refractivity contribution in [3.63, 3.8) is 0 Å². The molecule has 23 heavy (non-hydrogen) atoms. The molecule has 3 rings (SSSR count). The van der Waals surface area contributed by atoms with Crippen LogP contribution in [0.4, 0.5) is 4.39 Å². The molecule has 124 valence electrons. The zero-order valence-corrected chi connectivity index (χ0v) is 14.6. The highest BCUT2D eigenvalue weighted by atomic mass is 35.5. The average Bonchev–Trinajstić information content (AvgIpc) is 2.90. The van der Waals surface area contributed by atoms with Gasteiger partial charge in [-0.15, -0.1) is 23.7 Å². The van der Waals surface area contributed by atoms with E-state index in [2.05, 4.69) is 0 Å². The average molecular weight is 355 g/mol. The normalized spacial score (nSPS) is 15.3. The molecule has 1 aliphatic rings. The van der Waals surface area contributed by atoms with Crippen LogP contribution in [0.25, 0.3) is 10.4 Å². The van der Waals surface area contributed by atoms with E-state index in [-0.39, 0.29) is 30.2 Å². The number of likely N-dealkylation sites (tertiary alicyclic amines) is 1. The fourth-order valence-electron chi connectivity index (χ4n) is 2.73. The van der Waals surface area contributed by atoms with Gasteiger partial charge < -0.3 is 10.6 Å². The van der Waals surface area contributed by atoms with Crippen LogP contribution in [-0.4, -0.2) is 29.9 Å². The van der Waals surface area contributed by atoms with Gasteiger partial charge in [0.1, 0.15) is 5.82 Å². The first-order valence-electron chi connectivity index (χ1n) is 7.46. The lowest BCUT2D eigenvalue weighted by atomic mass is 10.1. The van der Waals surface area contributed by atoms with Crippen molar-refractivity contribution in [3.8, 4) is 10.4 Å². The molecule has 2 heterocycles. The number of halogens is 2. The number of nitrogens with two attached hydrogens (primary N) is 1. The summed E-state index contributed by atoms with van der Waals surface area (Å²) in [5.41, 5.74) is 7.88. The van der Waals surface area contributed by atoms with Gasteiger partial charge >= 0.3 is 0 Å². The standard InChI is InChI=1S/C17H19FN2OS.ClH/c1-11-10-15(17(21)20-8-6-14(19)7-9-20)22-16(11)12-2-4-13(18)5-3-12;/h2-5,10,14H,6-9,19H2,1H3;1H. The van der Waals surface area contributed by atoms with Crippen molar-refractivity contribution in [3.05, 3.63) is 46.6 Å². The van der Waals surface area contributed by atoms with Gasteiger partial charge in [-0.2, -0.15) is 0 Å².